The first-order valence-electron chi connectivity index (χ1n) is 4.77. The molecule has 1 heterocycles. The first-order valence-corrected chi connectivity index (χ1v) is 5.91. The number of halogens is 3. The van der Waals surface area contributed by atoms with E-state index in [1.165, 1.54) is 6.20 Å². The standard InChI is InChI=1S/C12H8Cl3NO/c1-17-7-5-8(12(15)16-6-7)11-9(13)3-2-4-10(11)14/h2-6H,1H3. The number of nitrogens with zero attached hydrogens (tertiary/aromatic N) is 1. The van der Waals surface area contributed by atoms with Crippen LogP contribution in [-0.2, 0) is 0 Å². The number of hydrogen-bond donors (Lipinski definition) is 0. The van der Waals surface area contributed by atoms with Gasteiger partial charge in [0, 0.05) is 11.1 Å². The van der Waals surface area contributed by atoms with E-state index in [9.17, 15) is 0 Å². The maximum absolute atomic E-state index is 6.12. The molecule has 2 rings (SSSR count). The van der Waals surface area contributed by atoms with Gasteiger partial charge in [-0.25, -0.2) is 4.98 Å². The minimum atomic E-state index is 0.334. The molecule has 0 radical (unpaired) electrons. The molecule has 0 N–H and O–H groups in total. The highest BCUT2D eigenvalue weighted by molar-refractivity contribution is 6.40. The number of benzene rings is 1. The summed E-state index contributed by atoms with van der Waals surface area (Å²) in [5, 5.41) is 1.38. The van der Waals surface area contributed by atoms with E-state index >= 15 is 0 Å². The number of hydrogen-bond acceptors (Lipinski definition) is 2. The van der Waals surface area contributed by atoms with E-state index in [0.717, 1.165) is 0 Å². The Hall–Kier alpha value is -0.960. The zero-order chi connectivity index (χ0) is 12.4. The van der Waals surface area contributed by atoms with E-state index < -0.39 is 0 Å². The second kappa shape index (κ2) is 5.13. The molecular weight excluding hydrogens is 280 g/mol. The lowest BCUT2D eigenvalue weighted by molar-refractivity contribution is 0.413. The van der Waals surface area contributed by atoms with Gasteiger partial charge in [-0.3, -0.25) is 0 Å². The maximum atomic E-state index is 6.12. The second-order valence-corrected chi connectivity index (χ2v) is 4.48. The van der Waals surface area contributed by atoms with Crippen LogP contribution < -0.4 is 4.74 Å². The summed E-state index contributed by atoms with van der Waals surface area (Å²) >= 11 is 18.3. The Labute approximate surface area is 114 Å². The minimum Gasteiger partial charge on any atom is -0.495 e. The molecule has 0 aliphatic carbocycles. The molecule has 2 aromatic rings. The Bertz CT molecular complexity index is 537. The summed E-state index contributed by atoms with van der Waals surface area (Å²) in [7, 11) is 1.56. The van der Waals surface area contributed by atoms with Crippen molar-refractivity contribution in [3.05, 3.63) is 45.7 Å². The maximum Gasteiger partial charge on any atom is 0.137 e. The molecule has 0 fully saturated rings. The number of aromatic nitrogens is 1. The van der Waals surface area contributed by atoms with E-state index in [1.807, 2.05) is 0 Å². The molecule has 17 heavy (non-hydrogen) atoms. The van der Waals surface area contributed by atoms with Gasteiger partial charge in [0.25, 0.3) is 0 Å². The zero-order valence-electron chi connectivity index (χ0n) is 8.88. The average molecular weight is 289 g/mol. The highest BCUT2D eigenvalue weighted by atomic mass is 35.5. The second-order valence-electron chi connectivity index (χ2n) is 3.31. The molecule has 5 heteroatoms. The predicted octanol–water partition coefficient (Wildman–Crippen LogP) is 4.72. The van der Waals surface area contributed by atoms with Gasteiger partial charge in [0.15, 0.2) is 0 Å². The lowest BCUT2D eigenvalue weighted by Gasteiger charge is -2.09. The Morgan fingerprint density at radius 1 is 1.12 bits per heavy atom. The van der Waals surface area contributed by atoms with Gasteiger partial charge >= 0.3 is 0 Å². The molecule has 0 atom stereocenters. The van der Waals surface area contributed by atoms with Gasteiger partial charge in [0.05, 0.1) is 23.4 Å². The highest BCUT2D eigenvalue weighted by Gasteiger charge is 2.13. The normalized spacial score (nSPS) is 10.4. The molecule has 0 spiro atoms. The van der Waals surface area contributed by atoms with Gasteiger partial charge < -0.3 is 4.74 Å². The van der Waals surface area contributed by atoms with Crippen molar-refractivity contribution in [1.82, 2.24) is 4.98 Å². The summed E-state index contributed by atoms with van der Waals surface area (Å²) in [4.78, 5) is 4.03. The summed E-state index contributed by atoms with van der Waals surface area (Å²) in [6.07, 6.45) is 1.54. The molecule has 0 saturated heterocycles. The van der Waals surface area contributed by atoms with Crippen molar-refractivity contribution in [2.75, 3.05) is 7.11 Å². The fourth-order valence-electron chi connectivity index (χ4n) is 1.47. The number of methoxy groups -OCH3 is 1. The Kier molecular flexibility index (Phi) is 3.77. The van der Waals surface area contributed by atoms with Crippen LogP contribution in [0.15, 0.2) is 30.5 Å². The number of pyridine rings is 1. The fraction of sp³-hybridized carbons (Fsp3) is 0.0833. The summed E-state index contributed by atoms with van der Waals surface area (Å²) in [6, 6.07) is 7.02. The first-order chi connectivity index (χ1) is 8.13. The van der Waals surface area contributed by atoms with Crippen LogP contribution in [-0.4, -0.2) is 12.1 Å². The molecule has 0 aliphatic rings. The van der Waals surface area contributed by atoms with Gasteiger partial charge in [-0.2, -0.15) is 0 Å². The lowest BCUT2D eigenvalue weighted by Crippen LogP contribution is -1.89. The third-order valence-corrected chi connectivity index (χ3v) is 3.21. The van der Waals surface area contributed by atoms with Crippen molar-refractivity contribution < 1.29 is 4.74 Å². The predicted molar refractivity (Wildman–Crippen MR) is 71.3 cm³/mol. The van der Waals surface area contributed by atoms with Crippen LogP contribution in [0.5, 0.6) is 5.75 Å². The molecule has 2 nitrogen and oxygen atoms in total. The zero-order valence-corrected chi connectivity index (χ0v) is 11.1. The van der Waals surface area contributed by atoms with Crippen LogP contribution in [0.25, 0.3) is 11.1 Å². The summed E-state index contributed by atoms with van der Waals surface area (Å²) < 4.78 is 5.10. The summed E-state index contributed by atoms with van der Waals surface area (Å²) in [5.41, 5.74) is 1.31. The number of ether oxygens (including phenoxy) is 1. The minimum absolute atomic E-state index is 0.334. The third-order valence-electron chi connectivity index (χ3n) is 2.28. The average Bonchev–Trinajstić information content (AvgIpc) is 2.31. The highest BCUT2D eigenvalue weighted by Crippen LogP contribution is 2.38. The summed E-state index contributed by atoms with van der Waals surface area (Å²) in [6.45, 7) is 0. The van der Waals surface area contributed by atoms with Crippen molar-refractivity contribution in [2.45, 2.75) is 0 Å². The molecule has 0 bridgehead atoms. The lowest BCUT2D eigenvalue weighted by atomic mass is 10.1. The van der Waals surface area contributed by atoms with Crippen molar-refractivity contribution in [3.63, 3.8) is 0 Å². The van der Waals surface area contributed by atoms with Gasteiger partial charge in [-0.15, -0.1) is 0 Å². The SMILES string of the molecule is COc1cnc(Cl)c(-c2c(Cl)cccc2Cl)c1. The number of rotatable bonds is 2. The Balaban J connectivity index is 2.67. The molecule has 0 unspecified atom stereocenters. The van der Waals surface area contributed by atoms with Crippen molar-refractivity contribution in [3.8, 4) is 16.9 Å². The van der Waals surface area contributed by atoms with Gasteiger partial charge in [-0.1, -0.05) is 40.9 Å². The largest absolute Gasteiger partial charge is 0.495 e. The molecule has 88 valence electrons. The van der Waals surface area contributed by atoms with Crippen LogP contribution in [0.1, 0.15) is 0 Å². The Morgan fingerprint density at radius 3 is 2.35 bits per heavy atom. The third kappa shape index (κ3) is 2.49. The summed E-state index contributed by atoms with van der Waals surface area (Å²) in [5.74, 6) is 0.598. The first kappa shape index (κ1) is 12.5. The van der Waals surface area contributed by atoms with E-state index in [4.69, 9.17) is 39.5 Å². The molecule has 0 aliphatic heterocycles. The van der Waals surface area contributed by atoms with Crippen LogP contribution in [0, 0.1) is 0 Å². The van der Waals surface area contributed by atoms with Crippen LogP contribution in [0.3, 0.4) is 0 Å². The molecule has 1 aromatic carbocycles. The van der Waals surface area contributed by atoms with Crippen LogP contribution >= 0.6 is 34.8 Å². The van der Waals surface area contributed by atoms with Crippen molar-refractivity contribution in [2.24, 2.45) is 0 Å². The fourth-order valence-corrected chi connectivity index (χ4v) is 2.27. The molecule has 1 aromatic heterocycles. The van der Waals surface area contributed by atoms with E-state index in [2.05, 4.69) is 4.98 Å². The van der Waals surface area contributed by atoms with E-state index in [-0.39, 0.29) is 0 Å². The van der Waals surface area contributed by atoms with Gasteiger partial charge in [-0.05, 0) is 18.2 Å². The topological polar surface area (TPSA) is 22.1 Å². The smallest absolute Gasteiger partial charge is 0.137 e. The van der Waals surface area contributed by atoms with Gasteiger partial charge in [0.2, 0.25) is 0 Å². The quantitative estimate of drug-likeness (QED) is 0.746. The van der Waals surface area contributed by atoms with Crippen molar-refractivity contribution in [1.29, 1.82) is 0 Å². The van der Waals surface area contributed by atoms with Crippen molar-refractivity contribution >= 4 is 34.8 Å². The van der Waals surface area contributed by atoms with E-state index in [0.29, 0.717) is 32.1 Å². The monoisotopic (exact) mass is 287 g/mol. The Morgan fingerprint density at radius 2 is 1.76 bits per heavy atom. The van der Waals surface area contributed by atoms with Gasteiger partial charge in [0.1, 0.15) is 10.9 Å². The molecule has 0 saturated carbocycles. The molecular formula is C12H8Cl3NO. The van der Waals surface area contributed by atoms with Crippen LogP contribution in [0.2, 0.25) is 15.2 Å². The molecule has 0 amide bonds. The van der Waals surface area contributed by atoms with Crippen LogP contribution in [0.4, 0.5) is 0 Å². The van der Waals surface area contributed by atoms with E-state index in [1.54, 1.807) is 31.4 Å².